The first-order valence-electron chi connectivity index (χ1n) is 12.4. The highest BCUT2D eigenvalue weighted by molar-refractivity contribution is 5.90. The van der Waals surface area contributed by atoms with Crippen LogP contribution in [0.3, 0.4) is 0 Å². The molecule has 32 heavy (non-hydrogen) atoms. The third-order valence-electron chi connectivity index (χ3n) is 6.28. The molecule has 0 spiro atoms. The van der Waals surface area contributed by atoms with Crippen LogP contribution in [0.4, 0.5) is 0 Å². The molecule has 0 aromatic rings. The van der Waals surface area contributed by atoms with Crippen molar-refractivity contribution < 1.29 is 19.6 Å². The Balaban J connectivity index is 3.08. The molecule has 0 aliphatic heterocycles. The van der Waals surface area contributed by atoms with Gasteiger partial charge in [-0.25, -0.2) is 10.5 Å². The molecule has 0 aromatic heterocycles. The highest BCUT2D eigenvalue weighted by atomic mass is 16.5. The maximum atomic E-state index is 13.6. The number of hydrogen-bond acceptors (Lipinski definition) is 5. The van der Waals surface area contributed by atoms with Gasteiger partial charge in [0.1, 0.15) is 6.04 Å². The van der Waals surface area contributed by atoms with E-state index in [1.54, 1.807) is 5.48 Å². The highest BCUT2D eigenvalue weighted by Crippen LogP contribution is 2.29. The van der Waals surface area contributed by atoms with Crippen molar-refractivity contribution in [3.63, 3.8) is 0 Å². The molecule has 2 atom stereocenters. The number of nitrogens with one attached hydrogen (secondary N) is 2. The molecule has 1 aliphatic rings. The SMILES string of the molecule is CC(C)CC(CC(C)C)C(=O)N(NC(=O)[C@@H](C)N)C(CCCC1CCCCC1)C(=O)NO. The standard InChI is InChI=1S/C24H46N4O4/c1-16(2)14-20(15-17(3)4)24(31)28(26-22(29)18(5)25)21(23(30)27-32)13-9-12-19-10-7-6-8-11-19/h16-21,32H,6-15,25H2,1-5H3,(H,26,29)(H,27,30)/t18-,21?/m1/s1. The summed E-state index contributed by atoms with van der Waals surface area (Å²) in [6.45, 7) is 9.73. The zero-order valence-electron chi connectivity index (χ0n) is 20.7. The van der Waals surface area contributed by atoms with Crippen LogP contribution in [-0.2, 0) is 14.4 Å². The largest absolute Gasteiger partial charge is 0.320 e. The Morgan fingerprint density at radius 3 is 2.00 bits per heavy atom. The van der Waals surface area contributed by atoms with Crippen molar-refractivity contribution in [3.05, 3.63) is 0 Å². The second-order valence-corrected chi connectivity index (χ2v) is 10.4. The van der Waals surface area contributed by atoms with Gasteiger partial charge in [0, 0.05) is 5.92 Å². The molecule has 8 nitrogen and oxygen atoms in total. The lowest BCUT2D eigenvalue weighted by Gasteiger charge is -2.35. The van der Waals surface area contributed by atoms with Gasteiger partial charge in [0.25, 0.3) is 11.8 Å². The molecule has 0 heterocycles. The van der Waals surface area contributed by atoms with Gasteiger partial charge in [-0.05, 0) is 43.9 Å². The molecule has 1 fully saturated rings. The number of rotatable bonds is 12. The van der Waals surface area contributed by atoms with Crippen molar-refractivity contribution in [3.8, 4) is 0 Å². The Hall–Kier alpha value is -1.67. The van der Waals surface area contributed by atoms with E-state index >= 15 is 0 Å². The van der Waals surface area contributed by atoms with E-state index in [0.29, 0.717) is 25.2 Å². The smallest absolute Gasteiger partial charge is 0.268 e. The Labute approximate surface area is 194 Å². The van der Waals surface area contributed by atoms with Crippen LogP contribution in [-0.4, -0.2) is 40.0 Å². The predicted molar refractivity (Wildman–Crippen MR) is 125 cm³/mol. The molecule has 186 valence electrons. The monoisotopic (exact) mass is 454 g/mol. The van der Waals surface area contributed by atoms with Crippen LogP contribution in [0.25, 0.3) is 0 Å². The molecular formula is C24H46N4O4. The highest BCUT2D eigenvalue weighted by Gasteiger charge is 2.36. The fraction of sp³-hybridized carbons (Fsp3) is 0.875. The van der Waals surface area contributed by atoms with Crippen LogP contribution in [0.1, 0.15) is 98.8 Å². The first-order chi connectivity index (χ1) is 15.1. The number of hydrazine groups is 1. The number of carbonyl (C=O) groups is 3. The van der Waals surface area contributed by atoms with E-state index in [-0.39, 0.29) is 23.7 Å². The van der Waals surface area contributed by atoms with Gasteiger partial charge >= 0.3 is 0 Å². The summed E-state index contributed by atoms with van der Waals surface area (Å²) in [6.07, 6.45) is 9.54. The molecule has 1 saturated carbocycles. The Morgan fingerprint density at radius 2 is 1.53 bits per heavy atom. The quantitative estimate of drug-likeness (QED) is 0.265. The predicted octanol–water partition coefficient (Wildman–Crippen LogP) is 3.53. The summed E-state index contributed by atoms with van der Waals surface area (Å²) in [5.74, 6) is -0.661. The summed E-state index contributed by atoms with van der Waals surface area (Å²) in [5.41, 5.74) is 10.0. The average molecular weight is 455 g/mol. The van der Waals surface area contributed by atoms with E-state index in [4.69, 9.17) is 5.73 Å². The van der Waals surface area contributed by atoms with Gasteiger partial charge in [-0.2, -0.15) is 0 Å². The number of nitrogens with two attached hydrogens (primary N) is 1. The Bertz CT molecular complexity index is 579. The van der Waals surface area contributed by atoms with Gasteiger partial charge in [-0.3, -0.25) is 25.0 Å². The zero-order chi connectivity index (χ0) is 24.3. The Kier molecular flexibility index (Phi) is 12.8. The number of nitrogens with zero attached hydrogens (tertiary/aromatic N) is 1. The fourth-order valence-corrected chi connectivity index (χ4v) is 4.67. The molecule has 1 unspecified atom stereocenters. The minimum absolute atomic E-state index is 0.283. The Morgan fingerprint density at radius 1 is 0.969 bits per heavy atom. The minimum atomic E-state index is -0.986. The molecular weight excluding hydrogens is 408 g/mol. The summed E-state index contributed by atoms with van der Waals surface area (Å²) in [5, 5.41) is 10.5. The van der Waals surface area contributed by atoms with Crippen LogP contribution in [0.2, 0.25) is 0 Å². The van der Waals surface area contributed by atoms with Gasteiger partial charge in [0.2, 0.25) is 5.91 Å². The van der Waals surface area contributed by atoms with Crippen molar-refractivity contribution in [1.82, 2.24) is 15.9 Å². The lowest BCUT2D eigenvalue weighted by Crippen LogP contribution is -2.60. The van der Waals surface area contributed by atoms with Crippen molar-refractivity contribution in [2.75, 3.05) is 0 Å². The van der Waals surface area contributed by atoms with E-state index < -0.39 is 23.9 Å². The minimum Gasteiger partial charge on any atom is -0.320 e. The number of amides is 3. The molecule has 3 amide bonds. The molecule has 0 aromatic carbocycles. The first-order valence-corrected chi connectivity index (χ1v) is 12.4. The van der Waals surface area contributed by atoms with Crippen molar-refractivity contribution >= 4 is 17.7 Å². The summed E-state index contributed by atoms with van der Waals surface area (Å²) < 4.78 is 0. The van der Waals surface area contributed by atoms with Crippen molar-refractivity contribution in [2.45, 2.75) is 111 Å². The van der Waals surface area contributed by atoms with E-state index in [2.05, 4.69) is 5.43 Å². The number of hydrogen-bond donors (Lipinski definition) is 4. The van der Waals surface area contributed by atoms with E-state index in [0.717, 1.165) is 17.9 Å². The van der Waals surface area contributed by atoms with Crippen LogP contribution in [0.5, 0.6) is 0 Å². The molecule has 8 heteroatoms. The topological polar surface area (TPSA) is 125 Å². The van der Waals surface area contributed by atoms with Crippen LogP contribution < -0.4 is 16.6 Å². The van der Waals surface area contributed by atoms with Crippen LogP contribution in [0, 0.1) is 23.7 Å². The normalized spacial score (nSPS) is 16.8. The molecule has 0 saturated heterocycles. The van der Waals surface area contributed by atoms with Gasteiger partial charge in [-0.1, -0.05) is 72.6 Å². The lowest BCUT2D eigenvalue weighted by molar-refractivity contribution is -0.155. The zero-order valence-corrected chi connectivity index (χ0v) is 20.7. The van der Waals surface area contributed by atoms with Crippen LogP contribution >= 0.6 is 0 Å². The molecule has 1 aliphatic carbocycles. The third kappa shape index (κ3) is 9.86. The van der Waals surface area contributed by atoms with Gasteiger partial charge < -0.3 is 5.73 Å². The fourth-order valence-electron chi connectivity index (χ4n) is 4.67. The summed E-state index contributed by atoms with van der Waals surface area (Å²) in [7, 11) is 0. The second kappa shape index (κ2) is 14.5. The summed E-state index contributed by atoms with van der Waals surface area (Å²) in [6, 6.07) is -1.82. The molecule has 0 bridgehead atoms. The summed E-state index contributed by atoms with van der Waals surface area (Å²) in [4.78, 5) is 38.7. The lowest BCUT2D eigenvalue weighted by atomic mass is 9.85. The number of carbonyl (C=O) groups excluding carboxylic acids is 3. The molecule has 5 N–H and O–H groups in total. The maximum absolute atomic E-state index is 13.6. The van der Waals surface area contributed by atoms with Gasteiger partial charge in [-0.15, -0.1) is 0 Å². The molecule has 1 rings (SSSR count). The molecule has 0 radical (unpaired) electrons. The first kappa shape index (κ1) is 28.4. The number of hydroxylamine groups is 1. The van der Waals surface area contributed by atoms with E-state index in [1.807, 2.05) is 27.7 Å². The van der Waals surface area contributed by atoms with Crippen LogP contribution in [0.15, 0.2) is 0 Å². The van der Waals surface area contributed by atoms with Crippen molar-refractivity contribution in [1.29, 1.82) is 0 Å². The van der Waals surface area contributed by atoms with Gasteiger partial charge in [0.05, 0.1) is 6.04 Å². The average Bonchev–Trinajstić information content (AvgIpc) is 2.73. The van der Waals surface area contributed by atoms with E-state index in [9.17, 15) is 19.6 Å². The second-order valence-electron chi connectivity index (χ2n) is 10.4. The maximum Gasteiger partial charge on any atom is 0.268 e. The van der Waals surface area contributed by atoms with Crippen molar-refractivity contribution in [2.24, 2.45) is 29.4 Å². The third-order valence-corrected chi connectivity index (χ3v) is 6.28. The summed E-state index contributed by atoms with van der Waals surface area (Å²) >= 11 is 0. The van der Waals surface area contributed by atoms with Gasteiger partial charge in [0.15, 0.2) is 0 Å². The van der Waals surface area contributed by atoms with E-state index in [1.165, 1.54) is 39.0 Å².